The van der Waals surface area contributed by atoms with Gasteiger partial charge in [-0.2, -0.15) is 13.2 Å². The van der Waals surface area contributed by atoms with Crippen LogP contribution in [0.25, 0.3) is 10.9 Å². The second-order valence-corrected chi connectivity index (χ2v) is 5.32. The molecule has 0 aliphatic carbocycles. The Hall–Kier alpha value is -1.45. The third-order valence-corrected chi connectivity index (χ3v) is 3.62. The lowest BCUT2D eigenvalue weighted by Crippen LogP contribution is -2.39. The fourth-order valence-corrected chi connectivity index (χ4v) is 2.51. The molecule has 8 heteroatoms. The smallest absolute Gasteiger partial charge is 0.358 e. The molecule has 0 saturated carbocycles. The van der Waals surface area contributed by atoms with E-state index in [9.17, 15) is 13.2 Å². The van der Waals surface area contributed by atoms with Crippen LogP contribution in [0.4, 0.5) is 13.2 Å². The predicted molar refractivity (Wildman–Crippen MR) is 102 cm³/mol. The summed E-state index contributed by atoms with van der Waals surface area (Å²) in [7, 11) is 1.54. The van der Waals surface area contributed by atoms with Crippen molar-refractivity contribution in [2.45, 2.75) is 25.9 Å². The lowest BCUT2D eigenvalue weighted by atomic mass is 10.1. The van der Waals surface area contributed by atoms with Gasteiger partial charge in [-0.3, -0.25) is 4.99 Å². The molecule has 1 aromatic carbocycles. The van der Waals surface area contributed by atoms with E-state index in [1.807, 2.05) is 25.1 Å². The Morgan fingerprint density at radius 1 is 1.17 bits per heavy atom. The Bertz CT molecular complexity index is 680. The normalized spacial score (nSPS) is 12.1. The molecule has 0 aliphatic rings. The minimum Gasteiger partial charge on any atom is -0.358 e. The summed E-state index contributed by atoms with van der Waals surface area (Å²) in [5.41, 5.74) is 3.40. The predicted octanol–water partition coefficient (Wildman–Crippen LogP) is 3.75. The van der Waals surface area contributed by atoms with Gasteiger partial charge in [-0.25, -0.2) is 0 Å². The van der Waals surface area contributed by atoms with Crippen molar-refractivity contribution in [2.75, 3.05) is 20.1 Å². The van der Waals surface area contributed by atoms with Crippen LogP contribution in [0.5, 0.6) is 0 Å². The van der Waals surface area contributed by atoms with Crippen LogP contribution in [-0.2, 0) is 6.42 Å². The van der Waals surface area contributed by atoms with Gasteiger partial charge in [-0.1, -0.05) is 18.2 Å². The number of aromatic amines is 1. The van der Waals surface area contributed by atoms with Gasteiger partial charge in [0.25, 0.3) is 0 Å². The minimum absolute atomic E-state index is 0. The van der Waals surface area contributed by atoms with Crippen LogP contribution in [-0.4, -0.2) is 37.3 Å². The number of aliphatic imine (C=N–C) groups is 1. The van der Waals surface area contributed by atoms with Crippen molar-refractivity contribution in [1.82, 2.24) is 15.6 Å². The van der Waals surface area contributed by atoms with Crippen molar-refractivity contribution in [3.05, 3.63) is 35.5 Å². The number of guanidine groups is 1. The first-order valence-corrected chi connectivity index (χ1v) is 7.48. The largest absolute Gasteiger partial charge is 0.390 e. The standard InChI is InChI=1S/C16H21F3N4.HI/c1-11-12(13-5-3-4-6-14(13)23-11)7-9-21-15(20-2)22-10-8-16(17,18)19;/h3-6,23H,7-10H2,1-2H3,(H2,20,21,22);1H. The molecule has 0 radical (unpaired) electrons. The number of hydrogen-bond acceptors (Lipinski definition) is 1. The SMILES string of the molecule is CN=C(NCCc1c(C)[nH]c2ccccc12)NCCC(F)(F)F.I. The third-order valence-electron chi connectivity index (χ3n) is 3.62. The topological polar surface area (TPSA) is 52.2 Å². The molecule has 0 amide bonds. The van der Waals surface area contributed by atoms with Crippen LogP contribution in [0.1, 0.15) is 17.7 Å². The Labute approximate surface area is 156 Å². The molecule has 0 aliphatic heterocycles. The Kier molecular flexibility index (Phi) is 7.85. The fourth-order valence-electron chi connectivity index (χ4n) is 2.51. The number of rotatable bonds is 5. The van der Waals surface area contributed by atoms with Crippen molar-refractivity contribution < 1.29 is 13.2 Å². The first-order chi connectivity index (χ1) is 10.9. The van der Waals surface area contributed by atoms with Gasteiger partial charge in [0.15, 0.2) is 5.96 Å². The number of para-hydroxylation sites is 1. The summed E-state index contributed by atoms with van der Waals surface area (Å²) in [6.07, 6.45) is -4.28. The number of alkyl halides is 3. The van der Waals surface area contributed by atoms with Crippen LogP contribution in [0, 0.1) is 6.92 Å². The van der Waals surface area contributed by atoms with Gasteiger partial charge in [0, 0.05) is 36.7 Å². The first-order valence-electron chi connectivity index (χ1n) is 7.48. The van der Waals surface area contributed by atoms with Crippen molar-refractivity contribution in [1.29, 1.82) is 0 Å². The van der Waals surface area contributed by atoms with Crippen LogP contribution in [0.2, 0.25) is 0 Å². The highest BCUT2D eigenvalue weighted by molar-refractivity contribution is 14.0. The molecule has 134 valence electrons. The Morgan fingerprint density at radius 3 is 2.50 bits per heavy atom. The molecular formula is C16H22F3IN4. The number of H-pyrrole nitrogens is 1. The zero-order valence-electron chi connectivity index (χ0n) is 13.6. The number of aryl methyl sites for hydroxylation is 1. The minimum atomic E-state index is -4.16. The number of hydrogen-bond donors (Lipinski definition) is 3. The number of nitrogens with one attached hydrogen (secondary N) is 3. The molecule has 2 aromatic rings. The summed E-state index contributed by atoms with van der Waals surface area (Å²) < 4.78 is 36.4. The average molecular weight is 454 g/mol. The van der Waals surface area contributed by atoms with E-state index >= 15 is 0 Å². The summed E-state index contributed by atoms with van der Waals surface area (Å²) in [5, 5.41) is 6.89. The van der Waals surface area contributed by atoms with Crippen LogP contribution in [0.15, 0.2) is 29.3 Å². The zero-order valence-corrected chi connectivity index (χ0v) is 16.0. The molecule has 0 bridgehead atoms. The molecule has 0 atom stereocenters. The Morgan fingerprint density at radius 2 is 1.83 bits per heavy atom. The lowest BCUT2D eigenvalue weighted by molar-refractivity contribution is -0.132. The van der Waals surface area contributed by atoms with Crippen molar-refractivity contribution in [3.8, 4) is 0 Å². The third kappa shape index (κ3) is 5.88. The maximum absolute atomic E-state index is 12.1. The highest BCUT2D eigenvalue weighted by Crippen LogP contribution is 2.22. The van der Waals surface area contributed by atoms with Crippen LogP contribution in [0.3, 0.4) is 0 Å². The molecule has 4 nitrogen and oxygen atoms in total. The molecule has 0 unspecified atom stereocenters. The van der Waals surface area contributed by atoms with E-state index in [0.29, 0.717) is 12.5 Å². The number of nitrogens with zero attached hydrogens (tertiary/aromatic N) is 1. The second-order valence-electron chi connectivity index (χ2n) is 5.32. The molecule has 3 N–H and O–H groups in total. The fraction of sp³-hybridized carbons (Fsp3) is 0.438. The summed E-state index contributed by atoms with van der Waals surface area (Å²) in [6.45, 7) is 2.43. The van der Waals surface area contributed by atoms with E-state index in [4.69, 9.17) is 0 Å². The summed E-state index contributed by atoms with van der Waals surface area (Å²) in [5.74, 6) is 0.381. The van der Waals surface area contributed by atoms with E-state index in [1.165, 1.54) is 10.9 Å². The van der Waals surface area contributed by atoms with Crippen molar-refractivity contribution in [2.24, 2.45) is 4.99 Å². The monoisotopic (exact) mass is 454 g/mol. The quantitative estimate of drug-likeness (QED) is 0.366. The molecule has 0 fully saturated rings. The van der Waals surface area contributed by atoms with Gasteiger partial charge in [0.1, 0.15) is 0 Å². The van der Waals surface area contributed by atoms with Gasteiger partial charge in [0.2, 0.25) is 0 Å². The van der Waals surface area contributed by atoms with E-state index in [2.05, 4.69) is 26.7 Å². The molecule has 24 heavy (non-hydrogen) atoms. The van der Waals surface area contributed by atoms with Gasteiger partial charge < -0.3 is 15.6 Å². The molecule has 1 heterocycles. The highest BCUT2D eigenvalue weighted by Gasteiger charge is 2.26. The van der Waals surface area contributed by atoms with Gasteiger partial charge in [-0.05, 0) is 25.0 Å². The van der Waals surface area contributed by atoms with Gasteiger partial charge in [0.05, 0.1) is 6.42 Å². The molecule has 1 aromatic heterocycles. The molecule has 0 saturated heterocycles. The maximum atomic E-state index is 12.1. The average Bonchev–Trinajstić information content (AvgIpc) is 2.80. The van der Waals surface area contributed by atoms with Crippen molar-refractivity contribution >= 4 is 40.8 Å². The van der Waals surface area contributed by atoms with Gasteiger partial charge in [-0.15, -0.1) is 24.0 Å². The van der Waals surface area contributed by atoms with E-state index in [1.54, 1.807) is 7.05 Å². The summed E-state index contributed by atoms with van der Waals surface area (Å²) in [4.78, 5) is 7.26. The number of benzene rings is 1. The van der Waals surface area contributed by atoms with Crippen LogP contribution >= 0.6 is 24.0 Å². The Balaban J connectivity index is 0.00000288. The maximum Gasteiger partial charge on any atom is 0.390 e. The summed E-state index contributed by atoms with van der Waals surface area (Å²) in [6, 6.07) is 8.05. The zero-order chi connectivity index (χ0) is 16.9. The number of aromatic nitrogens is 1. The lowest BCUT2D eigenvalue weighted by Gasteiger charge is -2.13. The van der Waals surface area contributed by atoms with Crippen molar-refractivity contribution in [3.63, 3.8) is 0 Å². The second kappa shape index (κ2) is 9.14. The number of fused-ring (bicyclic) bond motifs is 1. The van der Waals surface area contributed by atoms with Gasteiger partial charge >= 0.3 is 6.18 Å². The summed E-state index contributed by atoms with van der Waals surface area (Å²) >= 11 is 0. The van der Waals surface area contributed by atoms with Crippen LogP contribution < -0.4 is 10.6 Å². The van der Waals surface area contributed by atoms with E-state index < -0.39 is 12.6 Å². The number of halogens is 4. The molecule has 0 spiro atoms. The van der Waals surface area contributed by atoms with E-state index in [0.717, 1.165) is 17.6 Å². The molecular weight excluding hydrogens is 432 g/mol. The molecule has 2 rings (SSSR count). The first kappa shape index (κ1) is 20.6. The highest BCUT2D eigenvalue weighted by atomic mass is 127. The van der Waals surface area contributed by atoms with E-state index in [-0.39, 0.29) is 30.5 Å².